The topological polar surface area (TPSA) is 81.4 Å². The Hall–Kier alpha value is -1.46. The van der Waals surface area contributed by atoms with E-state index in [1.54, 1.807) is 12.1 Å². The van der Waals surface area contributed by atoms with Crippen molar-refractivity contribution in [3.05, 3.63) is 28.2 Å². The summed E-state index contributed by atoms with van der Waals surface area (Å²) < 4.78 is 5.29. The second-order valence-corrected chi connectivity index (χ2v) is 5.54. The van der Waals surface area contributed by atoms with E-state index in [0.29, 0.717) is 15.8 Å². The van der Waals surface area contributed by atoms with E-state index in [0.717, 1.165) is 6.42 Å². The molecule has 0 saturated carbocycles. The van der Waals surface area contributed by atoms with Crippen molar-refractivity contribution in [3.63, 3.8) is 0 Å². The molecule has 2 atom stereocenters. The molecule has 0 aliphatic heterocycles. The van der Waals surface area contributed by atoms with Crippen molar-refractivity contribution >= 4 is 35.0 Å². The van der Waals surface area contributed by atoms with Gasteiger partial charge >= 0.3 is 0 Å². The lowest BCUT2D eigenvalue weighted by atomic mass is 9.99. The molecule has 0 radical (unpaired) electrons. The summed E-state index contributed by atoms with van der Waals surface area (Å²) in [6.07, 6.45) is 0.720. The molecule has 3 N–H and O–H groups in total. The molecule has 116 valence electrons. The van der Waals surface area contributed by atoms with Crippen molar-refractivity contribution in [2.24, 2.45) is 11.7 Å². The summed E-state index contributed by atoms with van der Waals surface area (Å²) in [7, 11) is 0. The van der Waals surface area contributed by atoms with Gasteiger partial charge in [-0.05, 0) is 24.1 Å². The molecule has 2 amide bonds. The summed E-state index contributed by atoms with van der Waals surface area (Å²) in [6.45, 7) is 3.49. The minimum absolute atomic E-state index is 0.0504. The van der Waals surface area contributed by atoms with Crippen molar-refractivity contribution in [1.82, 2.24) is 5.32 Å². The molecule has 0 heterocycles. The fourth-order valence-corrected chi connectivity index (χ4v) is 2.14. The number of hydrogen-bond donors (Lipinski definition) is 2. The second kappa shape index (κ2) is 8.10. The molecule has 0 spiro atoms. The van der Waals surface area contributed by atoms with Crippen molar-refractivity contribution in [2.45, 2.75) is 26.3 Å². The average Bonchev–Trinajstić information content (AvgIpc) is 2.42. The maximum atomic E-state index is 11.8. The second-order valence-electron chi connectivity index (χ2n) is 4.70. The lowest BCUT2D eigenvalue weighted by Crippen LogP contribution is -2.49. The number of halogens is 2. The van der Waals surface area contributed by atoms with Crippen LogP contribution >= 0.6 is 23.2 Å². The Morgan fingerprint density at radius 3 is 2.57 bits per heavy atom. The van der Waals surface area contributed by atoms with Crippen molar-refractivity contribution in [3.8, 4) is 5.75 Å². The van der Waals surface area contributed by atoms with Crippen LogP contribution in [0.1, 0.15) is 20.3 Å². The molecule has 2 unspecified atom stereocenters. The summed E-state index contributed by atoms with van der Waals surface area (Å²) >= 11 is 11.7. The Balaban J connectivity index is 2.58. The Kier molecular flexibility index (Phi) is 6.78. The minimum Gasteiger partial charge on any atom is -0.482 e. The van der Waals surface area contributed by atoms with Crippen LogP contribution in [0, 0.1) is 5.92 Å². The van der Waals surface area contributed by atoms with Gasteiger partial charge in [0.05, 0.1) is 5.02 Å². The van der Waals surface area contributed by atoms with Crippen LogP contribution in [0.5, 0.6) is 5.75 Å². The molecule has 0 aliphatic carbocycles. The van der Waals surface area contributed by atoms with E-state index in [-0.39, 0.29) is 12.5 Å². The minimum atomic E-state index is -0.716. The summed E-state index contributed by atoms with van der Waals surface area (Å²) in [6, 6.07) is 3.97. The van der Waals surface area contributed by atoms with Crippen molar-refractivity contribution in [1.29, 1.82) is 0 Å². The van der Waals surface area contributed by atoms with E-state index in [1.807, 2.05) is 13.8 Å². The normalized spacial score (nSPS) is 13.3. The fourth-order valence-electron chi connectivity index (χ4n) is 1.68. The zero-order chi connectivity index (χ0) is 16.0. The third kappa shape index (κ3) is 5.44. The van der Waals surface area contributed by atoms with Gasteiger partial charge in [0.15, 0.2) is 6.61 Å². The van der Waals surface area contributed by atoms with Gasteiger partial charge in [0.1, 0.15) is 11.8 Å². The Bertz CT molecular complexity index is 523. The molecule has 0 bridgehead atoms. The van der Waals surface area contributed by atoms with E-state index in [1.165, 1.54) is 6.07 Å². The van der Waals surface area contributed by atoms with E-state index < -0.39 is 17.9 Å². The van der Waals surface area contributed by atoms with Crippen molar-refractivity contribution < 1.29 is 14.3 Å². The molecule has 7 heteroatoms. The van der Waals surface area contributed by atoms with Gasteiger partial charge in [-0.3, -0.25) is 9.59 Å². The molecule has 0 aliphatic rings. The first-order valence-corrected chi connectivity index (χ1v) is 7.27. The van der Waals surface area contributed by atoms with Gasteiger partial charge in [-0.15, -0.1) is 0 Å². The van der Waals surface area contributed by atoms with E-state index in [2.05, 4.69) is 5.32 Å². The third-order valence-electron chi connectivity index (χ3n) is 3.09. The van der Waals surface area contributed by atoms with Gasteiger partial charge in [-0.1, -0.05) is 43.5 Å². The molecule has 1 aromatic carbocycles. The number of carbonyl (C=O) groups is 2. The highest BCUT2D eigenvalue weighted by Crippen LogP contribution is 2.27. The first-order chi connectivity index (χ1) is 9.85. The molecular weight excluding hydrogens is 315 g/mol. The van der Waals surface area contributed by atoms with E-state index in [9.17, 15) is 9.59 Å². The van der Waals surface area contributed by atoms with Gasteiger partial charge in [0, 0.05) is 5.02 Å². The Labute approximate surface area is 133 Å². The standard InChI is InChI=1S/C14H18Cl2N2O3/c1-3-8(2)13(14(17)20)18-12(19)7-21-11-5-4-9(15)6-10(11)16/h4-6,8,13H,3,7H2,1-2H3,(H2,17,20)(H,18,19). The van der Waals surface area contributed by atoms with Gasteiger partial charge in [-0.2, -0.15) is 0 Å². The molecule has 1 aromatic rings. The highest BCUT2D eigenvalue weighted by atomic mass is 35.5. The number of nitrogens with two attached hydrogens (primary N) is 1. The Morgan fingerprint density at radius 1 is 1.38 bits per heavy atom. The van der Waals surface area contributed by atoms with Gasteiger partial charge in [0.25, 0.3) is 5.91 Å². The summed E-state index contributed by atoms with van der Waals surface area (Å²) in [5, 5.41) is 3.34. The van der Waals surface area contributed by atoms with Crippen LogP contribution in [-0.4, -0.2) is 24.5 Å². The van der Waals surface area contributed by atoms with Gasteiger partial charge in [-0.25, -0.2) is 0 Å². The van der Waals surface area contributed by atoms with Crippen LogP contribution in [0.15, 0.2) is 18.2 Å². The molecular formula is C14H18Cl2N2O3. The lowest BCUT2D eigenvalue weighted by molar-refractivity contribution is -0.129. The first kappa shape index (κ1) is 17.6. The zero-order valence-corrected chi connectivity index (χ0v) is 13.4. The number of rotatable bonds is 7. The highest BCUT2D eigenvalue weighted by molar-refractivity contribution is 6.35. The average molecular weight is 333 g/mol. The summed E-state index contributed by atoms with van der Waals surface area (Å²) in [5.41, 5.74) is 5.28. The smallest absolute Gasteiger partial charge is 0.258 e. The zero-order valence-electron chi connectivity index (χ0n) is 11.9. The number of amides is 2. The molecule has 0 saturated heterocycles. The predicted molar refractivity (Wildman–Crippen MR) is 82.5 cm³/mol. The number of hydrogen-bond acceptors (Lipinski definition) is 3. The van der Waals surface area contributed by atoms with Crippen LogP contribution in [0.25, 0.3) is 0 Å². The first-order valence-electron chi connectivity index (χ1n) is 6.51. The highest BCUT2D eigenvalue weighted by Gasteiger charge is 2.23. The van der Waals surface area contributed by atoms with E-state index in [4.69, 9.17) is 33.7 Å². The monoisotopic (exact) mass is 332 g/mol. The maximum Gasteiger partial charge on any atom is 0.258 e. The van der Waals surface area contributed by atoms with Crippen LogP contribution in [0.4, 0.5) is 0 Å². The van der Waals surface area contributed by atoms with Crippen LogP contribution in [0.3, 0.4) is 0 Å². The third-order valence-corrected chi connectivity index (χ3v) is 3.62. The van der Waals surface area contributed by atoms with Gasteiger partial charge < -0.3 is 15.8 Å². The van der Waals surface area contributed by atoms with Crippen molar-refractivity contribution in [2.75, 3.05) is 6.61 Å². The fraction of sp³-hybridized carbons (Fsp3) is 0.429. The molecule has 0 aromatic heterocycles. The Morgan fingerprint density at radius 2 is 2.05 bits per heavy atom. The number of carbonyl (C=O) groups excluding carboxylic acids is 2. The maximum absolute atomic E-state index is 11.8. The molecule has 0 fully saturated rings. The SMILES string of the molecule is CCC(C)C(NC(=O)COc1ccc(Cl)cc1Cl)C(N)=O. The largest absolute Gasteiger partial charge is 0.482 e. The summed E-state index contributed by atoms with van der Waals surface area (Å²) in [5.74, 6) is -0.715. The predicted octanol–water partition coefficient (Wildman–Crippen LogP) is 2.39. The number of nitrogens with one attached hydrogen (secondary N) is 1. The number of primary amides is 1. The van der Waals surface area contributed by atoms with E-state index >= 15 is 0 Å². The van der Waals surface area contributed by atoms with Crippen LogP contribution < -0.4 is 15.8 Å². The van der Waals surface area contributed by atoms with Gasteiger partial charge in [0.2, 0.25) is 5.91 Å². The van der Waals surface area contributed by atoms with Crippen LogP contribution in [-0.2, 0) is 9.59 Å². The molecule has 5 nitrogen and oxygen atoms in total. The quantitative estimate of drug-likeness (QED) is 0.804. The molecule has 1 rings (SSSR count). The number of ether oxygens (including phenoxy) is 1. The summed E-state index contributed by atoms with van der Waals surface area (Å²) in [4.78, 5) is 23.1. The number of benzene rings is 1. The lowest BCUT2D eigenvalue weighted by Gasteiger charge is -2.21. The van der Waals surface area contributed by atoms with Crippen LogP contribution in [0.2, 0.25) is 10.0 Å². The molecule has 21 heavy (non-hydrogen) atoms.